The highest BCUT2D eigenvalue weighted by molar-refractivity contribution is 5.87. The van der Waals surface area contributed by atoms with Gasteiger partial charge in [0.05, 0.1) is 5.60 Å². The van der Waals surface area contributed by atoms with Gasteiger partial charge in [-0.2, -0.15) is 0 Å². The van der Waals surface area contributed by atoms with Crippen LogP contribution in [0.2, 0.25) is 0 Å². The summed E-state index contributed by atoms with van der Waals surface area (Å²) in [5.74, 6) is 1.12. The van der Waals surface area contributed by atoms with E-state index in [1.54, 1.807) is 6.92 Å². The first kappa shape index (κ1) is 11.3. The quantitative estimate of drug-likeness (QED) is 0.589. The summed E-state index contributed by atoms with van der Waals surface area (Å²) >= 11 is 0. The fourth-order valence-electron chi connectivity index (χ4n) is 4.35. The third-order valence-electron chi connectivity index (χ3n) is 4.75. The van der Waals surface area contributed by atoms with Gasteiger partial charge in [0.2, 0.25) is 0 Å². The van der Waals surface area contributed by atoms with E-state index in [0.717, 1.165) is 32.1 Å². The van der Waals surface area contributed by atoms with Crippen LogP contribution in [0.25, 0.3) is 0 Å². The van der Waals surface area contributed by atoms with Gasteiger partial charge in [0.25, 0.3) is 0 Å². The van der Waals surface area contributed by atoms with Crippen LogP contribution >= 0.6 is 0 Å². The maximum absolute atomic E-state index is 11.6. The zero-order chi connectivity index (χ0) is 12.2. The van der Waals surface area contributed by atoms with Crippen LogP contribution in [0.5, 0.6) is 0 Å². The molecule has 4 aliphatic rings. The van der Waals surface area contributed by atoms with Crippen LogP contribution < -0.4 is 0 Å². The smallest absolute Gasteiger partial charge is 0.333 e. The van der Waals surface area contributed by atoms with Gasteiger partial charge in [0.15, 0.2) is 0 Å². The van der Waals surface area contributed by atoms with Crippen LogP contribution in [0.15, 0.2) is 12.2 Å². The normalized spacial score (nSPS) is 46.9. The highest BCUT2D eigenvalue weighted by Gasteiger charge is 2.56. The molecular formula is C14H20O3. The molecule has 2 atom stereocenters. The lowest BCUT2D eigenvalue weighted by molar-refractivity contribution is -0.195. The molecule has 0 aromatic heterocycles. The zero-order valence-corrected chi connectivity index (χ0v) is 10.3. The molecule has 0 amide bonds. The Bertz CT molecular complexity index is 358. The Morgan fingerprint density at radius 3 is 2.35 bits per heavy atom. The van der Waals surface area contributed by atoms with Crippen LogP contribution in [0.4, 0.5) is 0 Å². The lowest BCUT2D eigenvalue weighted by Crippen LogP contribution is -2.57. The minimum absolute atomic E-state index is 0.0241. The van der Waals surface area contributed by atoms with Gasteiger partial charge in [-0.3, -0.25) is 0 Å². The zero-order valence-electron chi connectivity index (χ0n) is 10.3. The Kier molecular flexibility index (Phi) is 2.37. The van der Waals surface area contributed by atoms with E-state index in [-0.39, 0.29) is 12.1 Å². The standard InChI is InChI=1S/C14H20O3/c1-8(2)13(15)17-12-10-3-9-4-11(12)7-14(16,5-9)6-10/h9-12,16H,1,3-7H2,2H3. The summed E-state index contributed by atoms with van der Waals surface area (Å²) in [6, 6.07) is 0. The lowest BCUT2D eigenvalue weighted by atomic mass is 9.53. The third kappa shape index (κ3) is 1.81. The summed E-state index contributed by atoms with van der Waals surface area (Å²) in [6.45, 7) is 5.31. The van der Waals surface area contributed by atoms with Gasteiger partial charge in [0.1, 0.15) is 6.10 Å². The number of carbonyl (C=O) groups excluding carboxylic acids is 1. The lowest BCUT2D eigenvalue weighted by Gasteiger charge is -2.57. The monoisotopic (exact) mass is 236 g/mol. The number of aliphatic hydroxyl groups is 1. The number of hydrogen-bond donors (Lipinski definition) is 1. The molecule has 4 saturated carbocycles. The molecular weight excluding hydrogens is 216 g/mol. The van der Waals surface area contributed by atoms with Crippen LogP contribution in [0.3, 0.4) is 0 Å². The molecule has 0 aliphatic heterocycles. The fourth-order valence-corrected chi connectivity index (χ4v) is 4.35. The summed E-state index contributed by atoms with van der Waals surface area (Å²) in [5, 5.41) is 10.4. The Hall–Kier alpha value is -0.830. The summed E-state index contributed by atoms with van der Waals surface area (Å²) in [5.41, 5.74) is 0.0142. The van der Waals surface area contributed by atoms with Crippen LogP contribution in [0.1, 0.15) is 39.0 Å². The van der Waals surface area contributed by atoms with Crippen molar-refractivity contribution < 1.29 is 14.6 Å². The molecule has 4 aliphatic carbocycles. The molecule has 2 unspecified atom stereocenters. The van der Waals surface area contributed by atoms with Gasteiger partial charge in [-0.1, -0.05) is 6.58 Å². The van der Waals surface area contributed by atoms with Crippen molar-refractivity contribution in [2.24, 2.45) is 17.8 Å². The predicted octanol–water partition coefficient (Wildman–Crippen LogP) is 2.05. The van der Waals surface area contributed by atoms with E-state index in [1.165, 1.54) is 0 Å². The maximum atomic E-state index is 11.6. The minimum Gasteiger partial charge on any atom is -0.458 e. The molecule has 3 nitrogen and oxygen atoms in total. The van der Waals surface area contributed by atoms with Crippen LogP contribution in [0, 0.1) is 17.8 Å². The number of ether oxygens (including phenoxy) is 1. The van der Waals surface area contributed by atoms with E-state index < -0.39 is 5.60 Å². The molecule has 94 valence electrons. The molecule has 0 heterocycles. The number of hydrogen-bond acceptors (Lipinski definition) is 3. The summed E-state index contributed by atoms with van der Waals surface area (Å²) in [7, 11) is 0. The Labute approximate surface area is 102 Å². The van der Waals surface area contributed by atoms with E-state index >= 15 is 0 Å². The van der Waals surface area contributed by atoms with Gasteiger partial charge >= 0.3 is 5.97 Å². The van der Waals surface area contributed by atoms with Crippen molar-refractivity contribution in [1.29, 1.82) is 0 Å². The van der Waals surface area contributed by atoms with E-state index in [1.807, 2.05) is 0 Å². The summed E-state index contributed by atoms with van der Waals surface area (Å²) in [4.78, 5) is 11.6. The number of carbonyl (C=O) groups is 1. The molecule has 4 fully saturated rings. The largest absolute Gasteiger partial charge is 0.458 e. The van der Waals surface area contributed by atoms with Crippen LogP contribution in [-0.2, 0) is 9.53 Å². The molecule has 17 heavy (non-hydrogen) atoms. The molecule has 0 aromatic carbocycles. The molecule has 0 aromatic rings. The summed E-state index contributed by atoms with van der Waals surface area (Å²) < 4.78 is 5.58. The molecule has 3 heteroatoms. The molecule has 0 saturated heterocycles. The van der Waals surface area contributed by atoms with Crippen molar-refractivity contribution in [3.63, 3.8) is 0 Å². The number of esters is 1. The Morgan fingerprint density at radius 1 is 1.29 bits per heavy atom. The molecule has 4 bridgehead atoms. The van der Waals surface area contributed by atoms with Gasteiger partial charge in [-0.05, 0) is 56.8 Å². The molecule has 1 N–H and O–H groups in total. The Morgan fingerprint density at radius 2 is 1.88 bits per heavy atom. The number of rotatable bonds is 2. The second kappa shape index (κ2) is 3.58. The Balaban J connectivity index is 1.76. The topological polar surface area (TPSA) is 46.5 Å². The first-order valence-corrected chi connectivity index (χ1v) is 6.56. The van der Waals surface area contributed by atoms with Gasteiger partial charge in [-0.25, -0.2) is 4.79 Å². The van der Waals surface area contributed by atoms with Crippen molar-refractivity contribution in [3.8, 4) is 0 Å². The van der Waals surface area contributed by atoms with Crippen molar-refractivity contribution in [1.82, 2.24) is 0 Å². The van der Waals surface area contributed by atoms with Gasteiger partial charge in [-0.15, -0.1) is 0 Å². The molecule has 0 spiro atoms. The maximum Gasteiger partial charge on any atom is 0.333 e. The highest BCUT2D eigenvalue weighted by atomic mass is 16.5. The highest BCUT2D eigenvalue weighted by Crippen LogP contribution is 2.56. The molecule has 4 rings (SSSR count). The van der Waals surface area contributed by atoms with Crippen LogP contribution in [-0.4, -0.2) is 22.8 Å². The van der Waals surface area contributed by atoms with Crippen molar-refractivity contribution in [2.75, 3.05) is 0 Å². The molecule has 0 radical (unpaired) electrons. The third-order valence-corrected chi connectivity index (χ3v) is 4.75. The van der Waals surface area contributed by atoms with Crippen molar-refractivity contribution in [3.05, 3.63) is 12.2 Å². The van der Waals surface area contributed by atoms with Crippen molar-refractivity contribution >= 4 is 5.97 Å². The average Bonchev–Trinajstić information content (AvgIpc) is 2.20. The van der Waals surface area contributed by atoms with Gasteiger partial charge < -0.3 is 9.84 Å². The first-order chi connectivity index (χ1) is 7.97. The van der Waals surface area contributed by atoms with Gasteiger partial charge in [0, 0.05) is 5.57 Å². The van der Waals surface area contributed by atoms with E-state index in [2.05, 4.69) is 6.58 Å². The first-order valence-electron chi connectivity index (χ1n) is 6.56. The fraction of sp³-hybridized carbons (Fsp3) is 0.786. The van der Waals surface area contributed by atoms with E-state index in [9.17, 15) is 9.90 Å². The minimum atomic E-state index is -0.456. The summed E-state index contributed by atoms with van der Waals surface area (Å²) in [6.07, 6.45) is 4.85. The second-order valence-electron chi connectivity index (χ2n) is 6.34. The SMILES string of the molecule is C=C(C)C(=O)OC1C2CC3CC1CC(O)(C3)C2. The van der Waals surface area contributed by atoms with E-state index in [0.29, 0.717) is 23.3 Å². The van der Waals surface area contributed by atoms with E-state index in [4.69, 9.17) is 4.74 Å². The van der Waals surface area contributed by atoms with Crippen molar-refractivity contribution in [2.45, 2.75) is 50.7 Å². The second-order valence-corrected chi connectivity index (χ2v) is 6.34. The predicted molar refractivity (Wildman–Crippen MR) is 63.2 cm³/mol. The average molecular weight is 236 g/mol.